The van der Waals surface area contributed by atoms with Gasteiger partial charge in [-0.2, -0.15) is 0 Å². The summed E-state index contributed by atoms with van der Waals surface area (Å²) in [5.74, 6) is -0.504. The van der Waals surface area contributed by atoms with E-state index in [0.717, 1.165) is 5.39 Å². The summed E-state index contributed by atoms with van der Waals surface area (Å²) in [6, 6.07) is 6.21. The van der Waals surface area contributed by atoms with Crippen LogP contribution in [0.4, 0.5) is 0 Å². The number of fused-ring (bicyclic) bond motifs is 1. The smallest absolute Gasteiger partial charge is 0.325 e. The predicted molar refractivity (Wildman–Crippen MR) is 70.2 cm³/mol. The maximum absolute atomic E-state index is 11.8. The molecule has 2 aromatic rings. The summed E-state index contributed by atoms with van der Waals surface area (Å²) < 4.78 is 5.85. The highest BCUT2D eigenvalue weighted by molar-refractivity contribution is 6.42. The third kappa shape index (κ3) is 2.35. The maximum atomic E-state index is 11.8. The lowest BCUT2D eigenvalue weighted by Crippen LogP contribution is -2.24. The number of aromatic nitrogens is 1. The van der Waals surface area contributed by atoms with Gasteiger partial charge in [-0.05, 0) is 18.2 Å². The first-order chi connectivity index (χ1) is 8.52. The number of benzene rings is 1. The van der Waals surface area contributed by atoms with E-state index in [4.69, 9.17) is 23.2 Å². The number of carbonyl (C=O) groups excluding carboxylic acids is 1. The van der Waals surface area contributed by atoms with Crippen LogP contribution in [-0.4, -0.2) is 17.6 Å². The lowest BCUT2D eigenvalue weighted by Gasteiger charge is -2.09. The average Bonchev–Trinajstić information content (AvgIpc) is 2.35. The van der Waals surface area contributed by atoms with Crippen molar-refractivity contribution in [2.24, 2.45) is 0 Å². The quantitative estimate of drug-likeness (QED) is 0.797. The Kier molecular flexibility index (Phi) is 3.59. The van der Waals surface area contributed by atoms with Crippen molar-refractivity contribution in [3.05, 3.63) is 44.7 Å². The molecule has 94 valence electrons. The molecule has 18 heavy (non-hydrogen) atoms. The molecule has 0 saturated heterocycles. The van der Waals surface area contributed by atoms with E-state index in [1.165, 1.54) is 17.7 Å². The van der Waals surface area contributed by atoms with Crippen LogP contribution in [0.25, 0.3) is 10.9 Å². The molecule has 6 heteroatoms. The van der Waals surface area contributed by atoms with Crippen LogP contribution in [0.5, 0.6) is 0 Å². The molecule has 0 atom stereocenters. The molecule has 0 aliphatic carbocycles. The highest BCUT2D eigenvalue weighted by Crippen LogP contribution is 2.27. The molecule has 0 bridgehead atoms. The van der Waals surface area contributed by atoms with Gasteiger partial charge in [0.15, 0.2) is 0 Å². The summed E-state index contributed by atoms with van der Waals surface area (Å²) >= 11 is 11.8. The zero-order valence-corrected chi connectivity index (χ0v) is 11.0. The molecule has 1 aromatic carbocycles. The predicted octanol–water partition coefficient (Wildman–Crippen LogP) is 2.48. The van der Waals surface area contributed by atoms with Crippen LogP contribution in [0, 0.1) is 0 Å². The maximum Gasteiger partial charge on any atom is 0.325 e. The summed E-state index contributed by atoms with van der Waals surface area (Å²) in [5, 5.41) is 1.45. The Balaban J connectivity index is 2.70. The standard InChI is InChI=1S/C12H9Cl2NO3/c1-18-12(17)6-15-10-5-9(14)8(13)4-7(10)2-3-11(15)16/h2-5H,6H2,1H3. The number of nitrogens with zero attached hydrogens (tertiary/aromatic N) is 1. The molecule has 2 rings (SSSR count). The van der Waals surface area contributed by atoms with Crippen LogP contribution >= 0.6 is 23.2 Å². The summed E-state index contributed by atoms with van der Waals surface area (Å²) in [4.78, 5) is 23.0. The molecule has 0 amide bonds. The normalized spacial score (nSPS) is 10.6. The van der Waals surface area contributed by atoms with Crippen molar-refractivity contribution in [2.45, 2.75) is 6.54 Å². The highest BCUT2D eigenvalue weighted by Gasteiger charge is 2.10. The molecule has 0 unspecified atom stereocenters. The third-order valence-corrected chi connectivity index (χ3v) is 3.27. The zero-order valence-electron chi connectivity index (χ0n) is 9.44. The van der Waals surface area contributed by atoms with Crippen LogP contribution < -0.4 is 5.56 Å². The Labute approximate surface area is 113 Å². The van der Waals surface area contributed by atoms with E-state index in [0.29, 0.717) is 15.6 Å². The van der Waals surface area contributed by atoms with Gasteiger partial charge in [0.25, 0.3) is 5.56 Å². The van der Waals surface area contributed by atoms with Gasteiger partial charge < -0.3 is 4.74 Å². The molecular weight excluding hydrogens is 277 g/mol. The van der Waals surface area contributed by atoms with E-state index in [-0.39, 0.29) is 12.1 Å². The number of esters is 1. The fourth-order valence-electron chi connectivity index (χ4n) is 1.65. The minimum absolute atomic E-state index is 0.162. The van der Waals surface area contributed by atoms with Gasteiger partial charge in [-0.1, -0.05) is 23.2 Å². The first-order valence-electron chi connectivity index (χ1n) is 5.08. The molecule has 0 N–H and O–H groups in total. The third-order valence-electron chi connectivity index (χ3n) is 2.55. The van der Waals surface area contributed by atoms with Crippen molar-refractivity contribution in [1.29, 1.82) is 0 Å². The van der Waals surface area contributed by atoms with Crippen LogP contribution in [-0.2, 0) is 16.1 Å². The first-order valence-corrected chi connectivity index (χ1v) is 5.84. The minimum atomic E-state index is -0.504. The topological polar surface area (TPSA) is 48.3 Å². The number of halogens is 2. The Morgan fingerprint density at radius 1 is 1.28 bits per heavy atom. The molecule has 1 aromatic heterocycles. The molecular formula is C12H9Cl2NO3. The second-order valence-corrected chi connectivity index (χ2v) is 4.47. The molecule has 0 spiro atoms. The van der Waals surface area contributed by atoms with Crippen molar-refractivity contribution in [3.8, 4) is 0 Å². The van der Waals surface area contributed by atoms with Crippen molar-refractivity contribution >= 4 is 40.1 Å². The average molecular weight is 286 g/mol. The largest absolute Gasteiger partial charge is 0.468 e. The highest BCUT2D eigenvalue weighted by atomic mass is 35.5. The lowest BCUT2D eigenvalue weighted by atomic mass is 10.2. The van der Waals surface area contributed by atoms with E-state index in [1.54, 1.807) is 18.2 Å². The molecule has 1 heterocycles. The van der Waals surface area contributed by atoms with Gasteiger partial charge in [-0.3, -0.25) is 14.2 Å². The first kappa shape index (κ1) is 12.9. The van der Waals surface area contributed by atoms with E-state index in [9.17, 15) is 9.59 Å². The summed E-state index contributed by atoms with van der Waals surface area (Å²) in [6.45, 7) is -0.162. The molecule has 4 nitrogen and oxygen atoms in total. The van der Waals surface area contributed by atoms with Gasteiger partial charge in [0.2, 0.25) is 0 Å². The van der Waals surface area contributed by atoms with Crippen LogP contribution in [0.3, 0.4) is 0 Å². The number of carbonyl (C=O) groups is 1. The van der Waals surface area contributed by atoms with Gasteiger partial charge in [0.05, 0.1) is 22.7 Å². The van der Waals surface area contributed by atoms with E-state index in [1.807, 2.05) is 0 Å². The molecule has 0 aliphatic rings. The Morgan fingerprint density at radius 3 is 2.61 bits per heavy atom. The van der Waals surface area contributed by atoms with E-state index >= 15 is 0 Å². The van der Waals surface area contributed by atoms with Gasteiger partial charge in [0, 0.05) is 11.5 Å². The van der Waals surface area contributed by atoms with Crippen LogP contribution in [0.1, 0.15) is 0 Å². The monoisotopic (exact) mass is 285 g/mol. The van der Waals surface area contributed by atoms with E-state index in [2.05, 4.69) is 4.74 Å². The van der Waals surface area contributed by atoms with Gasteiger partial charge in [0.1, 0.15) is 6.54 Å². The number of pyridine rings is 1. The second kappa shape index (κ2) is 5.00. The number of hydrogen-bond donors (Lipinski definition) is 0. The van der Waals surface area contributed by atoms with Crippen molar-refractivity contribution < 1.29 is 9.53 Å². The summed E-state index contributed by atoms with van der Waals surface area (Å²) in [5.41, 5.74) is 0.244. The molecule has 0 aliphatic heterocycles. The fraction of sp³-hybridized carbons (Fsp3) is 0.167. The molecule has 0 fully saturated rings. The number of hydrogen-bond acceptors (Lipinski definition) is 3. The fourth-order valence-corrected chi connectivity index (χ4v) is 1.98. The van der Waals surface area contributed by atoms with Gasteiger partial charge >= 0.3 is 5.97 Å². The summed E-state index contributed by atoms with van der Waals surface area (Å²) in [6.07, 6.45) is 0. The number of methoxy groups -OCH3 is 1. The Morgan fingerprint density at radius 2 is 1.94 bits per heavy atom. The Bertz CT molecular complexity index is 679. The number of ether oxygens (including phenoxy) is 1. The van der Waals surface area contributed by atoms with Crippen molar-refractivity contribution in [3.63, 3.8) is 0 Å². The van der Waals surface area contributed by atoms with Gasteiger partial charge in [-0.15, -0.1) is 0 Å². The van der Waals surface area contributed by atoms with E-state index < -0.39 is 5.97 Å². The van der Waals surface area contributed by atoms with Gasteiger partial charge in [-0.25, -0.2) is 0 Å². The second-order valence-electron chi connectivity index (χ2n) is 3.66. The lowest BCUT2D eigenvalue weighted by molar-refractivity contribution is -0.141. The minimum Gasteiger partial charge on any atom is -0.468 e. The van der Waals surface area contributed by atoms with Crippen molar-refractivity contribution in [1.82, 2.24) is 4.57 Å². The van der Waals surface area contributed by atoms with Crippen LogP contribution in [0.15, 0.2) is 29.1 Å². The summed E-state index contributed by atoms with van der Waals surface area (Å²) in [7, 11) is 1.27. The Hall–Kier alpha value is -1.52. The van der Waals surface area contributed by atoms with Crippen LogP contribution in [0.2, 0.25) is 10.0 Å². The number of rotatable bonds is 2. The van der Waals surface area contributed by atoms with Crippen molar-refractivity contribution in [2.75, 3.05) is 7.11 Å². The molecule has 0 saturated carbocycles. The SMILES string of the molecule is COC(=O)Cn1c(=O)ccc2cc(Cl)c(Cl)cc21. The molecule has 0 radical (unpaired) electrons. The zero-order chi connectivity index (χ0) is 13.3.